The number of amides is 1. The number of aromatic hydroxyl groups is 1. The third kappa shape index (κ3) is 4.08. The first-order valence-electron chi connectivity index (χ1n) is 7.16. The summed E-state index contributed by atoms with van der Waals surface area (Å²) < 4.78 is 7.00. The number of phenolic OH excluding ortho intramolecular Hbond substituents is 1. The first-order valence-corrected chi connectivity index (χ1v) is 7.16. The van der Waals surface area contributed by atoms with Crippen molar-refractivity contribution >= 4 is 5.91 Å². The maximum atomic E-state index is 12.2. The van der Waals surface area contributed by atoms with Crippen LogP contribution in [-0.2, 0) is 22.6 Å². The van der Waals surface area contributed by atoms with E-state index in [1.807, 2.05) is 11.5 Å². The fourth-order valence-electron chi connectivity index (χ4n) is 2.13. The number of benzene rings is 1. The van der Waals surface area contributed by atoms with Crippen molar-refractivity contribution in [2.45, 2.75) is 25.9 Å². The van der Waals surface area contributed by atoms with Gasteiger partial charge in [0.1, 0.15) is 5.75 Å². The molecule has 0 saturated heterocycles. The highest BCUT2D eigenvalue weighted by atomic mass is 16.5. The van der Waals surface area contributed by atoms with Gasteiger partial charge in [-0.05, 0) is 24.6 Å². The van der Waals surface area contributed by atoms with Crippen LogP contribution in [0, 0.1) is 0 Å². The highest BCUT2D eigenvalue weighted by molar-refractivity contribution is 5.83. The second-order valence-electron chi connectivity index (χ2n) is 5.10. The van der Waals surface area contributed by atoms with Gasteiger partial charge in [0.15, 0.2) is 0 Å². The Labute approximate surface area is 129 Å². The Bertz CT molecular complexity index is 607. The lowest BCUT2D eigenvalue weighted by Gasteiger charge is -2.13. The summed E-state index contributed by atoms with van der Waals surface area (Å²) in [4.78, 5) is 16.3. The second-order valence-corrected chi connectivity index (χ2v) is 5.10. The quantitative estimate of drug-likeness (QED) is 0.815. The average Bonchev–Trinajstić information content (AvgIpc) is 2.98. The minimum absolute atomic E-state index is 0.0646. The minimum Gasteiger partial charge on any atom is -0.508 e. The Balaban J connectivity index is 1.92. The molecule has 0 bridgehead atoms. The number of carbonyl (C=O) groups excluding carboxylic acids is 1. The molecule has 1 unspecified atom stereocenters. The molecule has 2 rings (SSSR count). The van der Waals surface area contributed by atoms with Crippen LogP contribution in [0.4, 0.5) is 0 Å². The first-order chi connectivity index (χ1) is 10.6. The fraction of sp³-hybridized carbons (Fsp3) is 0.375. The molecule has 2 aromatic rings. The molecule has 0 aliphatic carbocycles. The molecule has 0 aliphatic heterocycles. The molecular formula is C16H21N3O3. The topological polar surface area (TPSA) is 76.4 Å². The second kappa shape index (κ2) is 7.61. The first kappa shape index (κ1) is 16.0. The van der Waals surface area contributed by atoms with Crippen LogP contribution in [0.5, 0.6) is 5.75 Å². The van der Waals surface area contributed by atoms with E-state index in [-0.39, 0.29) is 17.6 Å². The monoisotopic (exact) mass is 303 g/mol. The molecule has 1 amide bonds. The number of carbonyl (C=O) groups is 1. The molecule has 2 N–H and O–H groups in total. The van der Waals surface area contributed by atoms with Crippen LogP contribution in [-0.4, -0.2) is 34.3 Å². The maximum Gasteiger partial charge on any atom is 0.227 e. The van der Waals surface area contributed by atoms with Gasteiger partial charge in [-0.3, -0.25) is 4.79 Å². The summed E-state index contributed by atoms with van der Waals surface area (Å²) in [5.41, 5.74) is 1.80. The van der Waals surface area contributed by atoms with Crippen molar-refractivity contribution in [2.75, 3.05) is 13.7 Å². The Hall–Kier alpha value is -2.34. The van der Waals surface area contributed by atoms with Crippen LogP contribution < -0.4 is 5.32 Å². The van der Waals surface area contributed by atoms with Crippen molar-refractivity contribution in [2.24, 2.45) is 0 Å². The standard InChI is InChI=1S/C16H21N3O3/c1-12(13-3-5-15(20)6-4-13)16(21)18-10-14-9-17-11-19(14)7-8-22-2/h3-6,9,11-12,20H,7-8,10H2,1-2H3,(H,18,21). The summed E-state index contributed by atoms with van der Waals surface area (Å²) in [7, 11) is 1.65. The van der Waals surface area contributed by atoms with Crippen molar-refractivity contribution in [1.82, 2.24) is 14.9 Å². The SMILES string of the molecule is COCCn1cncc1CNC(=O)C(C)c1ccc(O)cc1. The lowest BCUT2D eigenvalue weighted by Crippen LogP contribution is -2.28. The van der Waals surface area contributed by atoms with E-state index >= 15 is 0 Å². The number of methoxy groups -OCH3 is 1. The van der Waals surface area contributed by atoms with Crippen LogP contribution >= 0.6 is 0 Å². The predicted octanol–water partition coefficient (Wildman–Crippen LogP) is 1.65. The van der Waals surface area contributed by atoms with Gasteiger partial charge in [-0.2, -0.15) is 0 Å². The van der Waals surface area contributed by atoms with E-state index in [2.05, 4.69) is 10.3 Å². The molecule has 1 atom stereocenters. The largest absolute Gasteiger partial charge is 0.508 e. The van der Waals surface area contributed by atoms with Crippen molar-refractivity contribution in [3.05, 3.63) is 48.0 Å². The normalized spacial score (nSPS) is 12.1. The van der Waals surface area contributed by atoms with Gasteiger partial charge in [-0.1, -0.05) is 12.1 Å². The molecule has 0 aliphatic rings. The van der Waals surface area contributed by atoms with Crippen LogP contribution in [0.2, 0.25) is 0 Å². The molecule has 0 radical (unpaired) electrons. The van der Waals surface area contributed by atoms with Crippen molar-refractivity contribution < 1.29 is 14.6 Å². The zero-order valence-corrected chi connectivity index (χ0v) is 12.8. The molecular weight excluding hydrogens is 282 g/mol. The number of aromatic nitrogens is 2. The molecule has 6 heteroatoms. The van der Waals surface area contributed by atoms with Crippen LogP contribution in [0.25, 0.3) is 0 Å². The van der Waals surface area contributed by atoms with Gasteiger partial charge in [0.05, 0.1) is 31.1 Å². The molecule has 1 aromatic carbocycles. The molecule has 1 heterocycles. The van der Waals surface area contributed by atoms with Crippen molar-refractivity contribution in [3.8, 4) is 5.75 Å². The molecule has 0 fully saturated rings. The molecule has 22 heavy (non-hydrogen) atoms. The van der Waals surface area contributed by atoms with Gasteiger partial charge in [0.2, 0.25) is 5.91 Å². The van der Waals surface area contributed by atoms with Gasteiger partial charge in [-0.15, -0.1) is 0 Å². The number of hydrogen-bond acceptors (Lipinski definition) is 4. The summed E-state index contributed by atoms with van der Waals surface area (Å²) in [6.07, 6.45) is 3.46. The number of hydrogen-bond donors (Lipinski definition) is 2. The molecule has 118 valence electrons. The van der Waals surface area contributed by atoms with Gasteiger partial charge in [-0.25, -0.2) is 4.98 Å². The molecule has 1 aromatic heterocycles. The summed E-state index contributed by atoms with van der Waals surface area (Å²) in [6.45, 7) is 3.56. The van der Waals surface area contributed by atoms with Gasteiger partial charge >= 0.3 is 0 Å². The van der Waals surface area contributed by atoms with E-state index < -0.39 is 0 Å². The number of imidazole rings is 1. The zero-order chi connectivity index (χ0) is 15.9. The lowest BCUT2D eigenvalue weighted by molar-refractivity contribution is -0.122. The third-order valence-corrected chi connectivity index (χ3v) is 3.56. The van der Waals surface area contributed by atoms with Gasteiger partial charge in [0, 0.05) is 19.9 Å². The summed E-state index contributed by atoms with van der Waals surface area (Å²) >= 11 is 0. The lowest BCUT2D eigenvalue weighted by atomic mass is 10.0. The van der Waals surface area contributed by atoms with E-state index in [1.54, 1.807) is 43.9 Å². The number of nitrogens with one attached hydrogen (secondary N) is 1. The third-order valence-electron chi connectivity index (χ3n) is 3.56. The van der Waals surface area contributed by atoms with E-state index in [4.69, 9.17) is 4.74 Å². The maximum absolute atomic E-state index is 12.2. The summed E-state index contributed by atoms with van der Waals surface area (Å²) in [5.74, 6) is -0.153. The number of rotatable bonds is 7. The number of ether oxygens (including phenoxy) is 1. The summed E-state index contributed by atoms with van der Waals surface area (Å²) in [6, 6.07) is 6.67. The fourth-order valence-corrected chi connectivity index (χ4v) is 2.13. The molecule has 0 saturated carbocycles. The van der Waals surface area contributed by atoms with E-state index in [9.17, 15) is 9.90 Å². The van der Waals surface area contributed by atoms with Crippen LogP contribution in [0.1, 0.15) is 24.1 Å². The Morgan fingerprint density at radius 1 is 1.41 bits per heavy atom. The predicted molar refractivity (Wildman–Crippen MR) is 82.5 cm³/mol. The summed E-state index contributed by atoms with van der Waals surface area (Å²) in [5, 5.41) is 12.2. The molecule has 0 spiro atoms. The van der Waals surface area contributed by atoms with Crippen molar-refractivity contribution in [3.63, 3.8) is 0 Å². The van der Waals surface area contributed by atoms with E-state index in [0.717, 1.165) is 11.3 Å². The number of nitrogens with zero attached hydrogens (tertiary/aromatic N) is 2. The number of phenols is 1. The highest BCUT2D eigenvalue weighted by Gasteiger charge is 2.15. The Morgan fingerprint density at radius 2 is 2.14 bits per heavy atom. The smallest absolute Gasteiger partial charge is 0.227 e. The van der Waals surface area contributed by atoms with E-state index in [0.29, 0.717) is 19.7 Å². The van der Waals surface area contributed by atoms with Crippen LogP contribution in [0.15, 0.2) is 36.8 Å². The molecule has 6 nitrogen and oxygen atoms in total. The minimum atomic E-state index is -0.282. The van der Waals surface area contributed by atoms with Gasteiger partial charge in [0.25, 0.3) is 0 Å². The van der Waals surface area contributed by atoms with E-state index in [1.165, 1.54) is 0 Å². The van der Waals surface area contributed by atoms with Gasteiger partial charge < -0.3 is 19.7 Å². The highest BCUT2D eigenvalue weighted by Crippen LogP contribution is 2.18. The Morgan fingerprint density at radius 3 is 2.82 bits per heavy atom. The Kier molecular flexibility index (Phi) is 5.55. The van der Waals surface area contributed by atoms with Crippen LogP contribution in [0.3, 0.4) is 0 Å². The van der Waals surface area contributed by atoms with Crippen molar-refractivity contribution in [1.29, 1.82) is 0 Å². The zero-order valence-electron chi connectivity index (χ0n) is 12.8. The average molecular weight is 303 g/mol.